The van der Waals surface area contributed by atoms with Crippen molar-refractivity contribution in [3.8, 4) is 0 Å². The molecule has 0 spiro atoms. The van der Waals surface area contributed by atoms with Gasteiger partial charge in [0.15, 0.2) is 0 Å². The minimum Gasteiger partial charge on any atom is -0.444 e. The fraction of sp³-hybridized carbons (Fsp3) is 0.579. The summed E-state index contributed by atoms with van der Waals surface area (Å²) >= 11 is 0. The molecule has 2 amide bonds. The van der Waals surface area contributed by atoms with Crippen molar-refractivity contribution in [2.24, 2.45) is 0 Å². The van der Waals surface area contributed by atoms with E-state index in [0.29, 0.717) is 18.5 Å². The third-order valence-electron chi connectivity index (χ3n) is 4.37. The monoisotopic (exact) mass is 378 g/mol. The zero-order valence-electron chi connectivity index (χ0n) is 16.6. The van der Waals surface area contributed by atoms with Crippen LogP contribution in [0.1, 0.15) is 37.6 Å². The second-order valence-electron chi connectivity index (χ2n) is 7.62. The fourth-order valence-electron chi connectivity index (χ4n) is 3.01. The molecule has 2 rings (SSSR count). The average molecular weight is 378 g/mol. The number of nitrogens with zero attached hydrogens (tertiary/aromatic N) is 1. The van der Waals surface area contributed by atoms with Crippen molar-refractivity contribution in [3.63, 3.8) is 0 Å². The number of aliphatic hydroxyl groups is 1. The molecule has 0 unspecified atom stereocenters. The molecule has 150 valence electrons. The van der Waals surface area contributed by atoms with Crippen LogP contribution in [-0.4, -0.2) is 66.9 Å². The molecule has 8 nitrogen and oxygen atoms in total. The summed E-state index contributed by atoms with van der Waals surface area (Å²) in [5, 5.41) is 19.0. The van der Waals surface area contributed by atoms with Crippen LogP contribution in [0, 0.1) is 0 Å². The molecule has 1 fully saturated rings. The summed E-state index contributed by atoms with van der Waals surface area (Å²) in [5.41, 5.74) is 1.64. The highest BCUT2D eigenvalue weighted by Gasteiger charge is 2.33. The Morgan fingerprint density at radius 2 is 1.85 bits per heavy atom. The first kappa shape index (κ1) is 20.8. The molecule has 1 aliphatic heterocycles. The van der Waals surface area contributed by atoms with E-state index in [1.54, 1.807) is 44.9 Å². The predicted molar refractivity (Wildman–Crippen MR) is 105 cm³/mol. The van der Waals surface area contributed by atoms with Crippen molar-refractivity contribution in [1.29, 1.82) is 0 Å². The van der Waals surface area contributed by atoms with Crippen molar-refractivity contribution in [2.45, 2.75) is 44.9 Å². The molecule has 1 heterocycles. The second-order valence-corrected chi connectivity index (χ2v) is 7.62. The van der Waals surface area contributed by atoms with Crippen LogP contribution in [0.25, 0.3) is 0 Å². The van der Waals surface area contributed by atoms with E-state index in [9.17, 15) is 14.7 Å². The number of hydrogen-bond donors (Lipinski definition) is 4. The number of aliphatic hydroxyl groups excluding tert-OH is 1. The van der Waals surface area contributed by atoms with Crippen LogP contribution < -0.4 is 16.0 Å². The Morgan fingerprint density at radius 1 is 1.19 bits per heavy atom. The van der Waals surface area contributed by atoms with Gasteiger partial charge in [-0.1, -0.05) is 0 Å². The Kier molecular flexibility index (Phi) is 6.54. The number of carbonyl (C=O) groups excluding carboxylic acids is 2. The number of carbonyl (C=O) groups is 2. The average Bonchev–Trinajstić information content (AvgIpc) is 2.60. The summed E-state index contributed by atoms with van der Waals surface area (Å²) in [4.78, 5) is 26.5. The van der Waals surface area contributed by atoms with Crippen molar-refractivity contribution in [3.05, 3.63) is 23.8 Å². The van der Waals surface area contributed by atoms with Gasteiger partial charge in [-0.15, -0.1) is 0 Å². The number of benzene rings is 1. The first-order valence-electron chi connectivity index (χ1n) is 9.11. The molecule has 1 saturated heterocycles. The van der Waals surface area contributed by atoms with Gasteiger partial charge in [0.2, 0.25) is 0 Å². The number of alkyl carbamates (subject to hydrolysis) is 1. The lowest BCUT2D eigenvalue weighted by Gasteiger charge is -2.36. The molecule has 1 aliphatic rings. The molecule has 0 bridgehead atoms. The smallest absolute Gasteiger partial charge is 0.408 e. The van der Waals surface area contributed by atoms with Crippen LogP contribution in [-0.2, 0) is 4.74 Å². The summed E-state index contributed by atoms with van der Waals surface area (Å²) < 4.78 is 5.25. The first-order chi connectivity index (χ1) is 12.6. The van der Waals surface area contributed by atoms with Gasteiger partial charge in [-0.25, -0.2) is 4.79 Å². The molecule has 1 aromatic carbocycles. The van der Waals surface area contributed by atoms with Gasteiger partial charge in [-0.2, -0.15) is 0 Å². The first-order valence-corrected chi connectivity index (χ1v) is 9.11. The van der Waals surface area contributed by atoms with Gasteiger partial charge in [0, 0.05) is 32.7 Å². The molecule has 0 aliphatic carbocycles. The Labute approximate surface area is 160 Å². The minimum absolute atomic E-state index is 0.142. The molecule has 8 heteroatoms. The molecule has 4 N–H and O–H groups in total. The van der Waals surface area contributed by atoms with E-state index < -0.39 is 23.8 Å². The SMILES string of the molecule is CNc1ccc(C(=O)N2CC[C@H](O)[C@@H](NC(=O)OC(C)(C)C)C2)cc1NC. The van der Waals surface area contributed by atoms with Crippen LogP contribution in [0.3, 0.4) is 0 Å². The van der Waals surface area contributed by atoms with Gasteiger partial charge in [0.1, 0.15) is 5.60 Å². The molecule has 0 aromatic heterocycles. The van der Waals surface area contributed by atoms with E-state index in [0.717, 1.165) is 11.4 Å². The molecule has 1 aromatic rings. The quantitative estimate of drug-likeness (QED) is 0.638. The van der Waals surface area contributed by atoms with Gasteiger partial charge < -0.3 is 30.7 Å². The Bertz CT molecular complexity index is 687. The number of likely N-dealkylation sites (tertiary alicyclic amines) is 1. The molecule has 27 heavy (non-hydrogen) atoms. The molecule has 0 radical (unpaired) electrons. The normalized spacial score (nSPS) is 20.0. The lowest BCUT2D eigenvalue weighted by Crippen LogP contribution is -2.57. The van der Waals surface area contributed by atoms with E-state index in [-0.39, 0.29) is 12.5 Å². The summed E-state index contributed by atoms with van der Waals surface area (Å²) in [5.74, 6) is -0.142. The summed E-state index contributed by atoms with van der Waals surface area (Å²) in [6, 6.07) is 4.82. The zero-order chi connectivity index (χ0) is 20.2. The second kappa shape index (κ2) is 8.47. The highest BCUT2D eigenvalue weighted by molar-refractivity contribution is 5.96. The zero-order valence-corrected chi connectivity index (χ0v) is 16.6. The summed E-state index contributed by atoms with van der Waals surface area (Å²) in [6.45, 7) is 5.96. The predicted octanol–water partition coefficient (Wildman–Crippen LogP) is 1.87. The third-order valence-corrected chi connectivity index (χ3v) is 4.37. The van der Waals surface area contributed by atoms with E-state index in [2.05, 4.69) is 16.0 Å². The largest absolute Gasteiger partial charge is 0.444 e. The maximum atomic E-state index is 12.9. The van der Waals surface area contributed by atoms with Crippen LogP contribution in [0.2, 0.25) is 0 Å². The van der Waals surface area contributed by atoms with Crippen LogP contribution >= 0.6 is 0 Å². The lowest BCUT2D eigenvalue weighted by molar-refractivity contribution is 0.0210. The van der Waals surface area contributed by atoms with E-state index in [4.69, 9.17) is 4.74 Å². The minimum atomic E-state index is -0.721. The summed E-state index contributed by atoms with van der Waals surface area (Å²) in [6.07, 6.45) is -0.933. The molecular weight excluding hydrogens is 348 g/mol. The third kappa shape index (κ3) is 5.50. The number of hydrogen-bond acceptors (Lipinski definition) is 6. The fourth-order valence-corrected chi connectivity index (χ4v) is 3.01. The highest BCUT2D eigenvalue weighted by Crippen LogP contribution is 2.24. The lowest BCUT2D eigenvalue weighted by atomic mass is 10.0. The van der Waals surface area contributed by atoms with Gasteiger partial charge >= 0.3 is 6.09 Å². The van der Waals surface area contributed by atoms with E-state index >= 15 is 0 Å². The van der Waals surface area contributed by atoms with E-state index in [1.807, 2.05) is 13.1 Å². The Hall–Kier alpha value is -2.48. The van der Waals surface area contributed by atoms with Crippen molar-refractivity contribution in [1.82, 2.24) is 10.2 Å². The number of rotatable bonds is 4. The highest BCUT2D eigenvalue weighted by atomic mass is 16.6. The molecule has 2 atom stereocenters. The molecule has 0 saturated carbocycles. The van der Waals surface area contributed by atoms with Crippen LogP contribution in [0.4, 0.5) is 16.2 Å². The van der Waals surface area contributed by atoms with E-state index in [1.165, 1.54) is 0 Å². The summed E-state index contributed by atoms with van der Waals surface area (Å²) in [7, 11) is 3.61. The number of amides is 2. The Balaban J connectivity index is 2.08. The van der Waals surface area contributed by atoms with Crippen LogP contribution in [0.5, 0.6) is 0 Å². The van der Waals surface area contributed by atoms with Crippen molar-refractivity contribution >= 4 is 23.4 Å². The van der Waals surface area contributed by atoms with Crippen LogP contribution in [0.15, 0.2) is 18.2 Å². The number of nitrogens with one attached hydrogen (secondary N) is 3. The van der Waals surface area contributed by atoms with Gasteiger partial charge in [0.25, 0.3) is 5.91 Å². The molecular formula is C19H30N4O4. The Morgan fingerprint density at radius 3 is 2.44 bits per heavy atom. The standard InChI is InChI=1S/C19H30N4O4/c1-19(2,3)27-18(26)22-15-11-23(9-8-16(15)24)17(25)12-6-7-13(20-4)14(10-12)21-5/h6-7,10,15-16,20-21,24H,8-9,11H2,1-5H3,(H,22,26)/t15-,16-/m0/s1. The topological polar surface area (TPSA) is 103 Å². The van der Waals surface area contributed by atoms with Crippen molar-refractivity contribution in [2.75, 3.05) is 37.8 Å². The van der Waals surface area contributed by atoms with Gasteiger partial charge in [0.05, 0.1) is 23.5 Å². The number of anilines is 2. The van der Waals surface area contributed by atoms with Gasteiger partial charge in [-0.3, -0.25) is 4.79 Å². The number of piperidine rings is 1. The van der Waals surface area contributed by atoms with Gasteiger partial charge in [-0.05, 0) is 45.4 Å². The van der Waals surface area contributed by atoms with Crippen molar-refractivity contribution < 1.29 is 19.4 Å². The maximum absolute atomic E-state index is 12.9. The number of ether oxygens (including phenoxy) is 1. The maximum Gasteiger partial charge on any atom is 0.408 e.